The van der Waals surface area contributed by atoms with Crippen LogP contribution in [0, 0.1) is 5.92 Å². The maximum Gasteiger partial charge on any atom is 0.217 e. The molecule has 1 heterocycles. The average Bonchev–Trinajstić information content (AvgIpc) is 2.55. The topological polar surface area (TPSA) is 47.6 Å². The van der Waals surface area contributed by atoms with Gasteiger partial charge in [0.15, 0.2) is 0 Å². The highest BCUT2D eigenvalue weighted by molar-refractivity contribution is 5.73. The van der Waals surface area contributed by atoms with Gasteiger partial charge in [-0.15, -0.1) is 0 Å². The molecule has 23 heavy (non-hydrogen) atoms. The summed E-state index contributed by atoms with van der Waals surface area (Å²) in [5.41, 5.74) is 1.17. The third-order valence-corrected chi connectivity index (χ3v) is 5.03. The van der Waals surface area contributed by atoms with Crippen LogP contribution in [0.1, 0.15) is 57.6 Å². The van der Waals surface area contributed by atoms with Crippen LogP contribution >= 0.6 is 0 Å². The Balaban J connectivity index is 1.75. The molecule has 2 aliphatic rings. The van der Waals surface area contributed by atoms with E-state index in [1.54, 1.807) is 6.92 Å². The van der Waals surface area contributed by atoms with Crippen LogP contribution in [0.2, 0.25) is 0 Å². The van der Waals surface area contributed by atoms with Crippen molar-refractivity contribution >= 4 is 5.91 Å². The molecule has 1 saturated carbocycles. The summed E-state index contributed by atoms with van der Waals surface area (Å²) in [6.45, 7) is 4.27. The minimum atomic E-state index is 0.0573. The lowest BCUT2D eigenvalue weighted by molar-refractivity contribution is -0.131. The Kier molecular flexibility index (Phi) is 5.21. The van der Waals surface area contributed by atoms with Gasteiger partial charge in [0, 0.05) is 18.9 Å². The predicted molar refractivity (Wildman–Crippen MR) is 89.4 cm³/mol. The molecule has 3 rings (SSSR count). The minimum Gasteiger partial charge on any atom is -0.494 e. The van der Waals surface area contributed by atoms with Crippen LogP contribution in [0.3, 0.4) is 0 Å². The van der Waals surface area contributed by atoms with Crippen molar-refractivity contribution < 1.29 is 14.3 Å². The molecule has 2 fully saturated rings. The summed E-state index contributed by atoms with van der Waals surface area (Å²) >= 11 is 0. The molecule has 0 unspecified atom stereocenters. The van der Waals surface area contributed by atoms with Crippen LogP contribution in [0.25, 0.3) is 0 Å². The normalized spacial score (nSPS) is 30.3. The highest BCUT2D eigenvalue weighted by Crippen LogP contribution is 2.41. The van der Waals surface area contributed by atoms with Crippen LogP contribution in [0.4, 0.5) is 0 Å². The van der Waals surface area contributed by atoms with Crippen LogP contribution < -0.4 is 10.1 Å². The SMILES string of the molecule is CCOc1ccc([C@H]2C[C@@H](NC(C)=O)[C@@H]3CCCC[C@H]3O2)cc1. The van der Waals surface area contributed by atoms with Crippen molar-refractivity contribution in [3.05, 3.63) is 29.8 Å². The van der Waals surface area contributed by atoms with Crippen molar-refractivity contribution in [3.8, 4) is 5.75 Å². The van der Waals surface area contributed by atoms with E-state index in [1.807, 2.05) is 19.1 Å². The molecule has 0 spiro atoms. The Morgan fingerprint density at radius 2 is 2.00 bits per heavy atom. The molecule has 1 aliphatic carbocycles. The van der Waals surface area contributed by atoms with E-state index in [-0.39, 0.29) is 24.2 Å². The Hall–Kier alpha value is -1.55. The van der Waals surface area contributed by atoms with Crippen molar-refractivity contribution in [3.63, 3.8) is 0 Å². The van der Waals surface area contributed by atoms with Crippen LogP contribution in [-0.4, -0.2) is 24.7 Å². The summed E-state index contributed by atoms with van der Waals surface area (Å²) in [6.07, 6.45) is 5.92. The first kappa shape index (κ1) is 16.3. The van der Waals surface area contributed by atoms with Gasteiger partial charge in [-0.25, -0.2) is 0 Å². The number of hydrogen-bond donors (Lipinski definition) is 1. The monoisotopic (exact) mass is 317 g/mol. The maximum atomic E-state index is 11.6. The van der Waals surface area contributed by atoms with Crippen LogP contribution in [0.15, 0.2) is 24.3 Å². The fourth-order valence-corrected chi connectivity index (χ4v) is 4.01. The number of amides is 1. The Labute approximate surface area is 138 Å². The summed E-state index contributed by atoms with van der Waals surface area (Å²) in [5, 5.41) is 3.17. The molecule has 1 aliphatic heterocycles. The zero-order valence-corrected chi connectivity index (χ0v) is 14.1. The van der Waals surface area contributed by atoms with Gasteiger partial charge in [0.1, 0.15) is 5.75 Å². The highest BCUT2D eigenvalue weighted by Gasteiger charge is 2.40. The second kappa shape index (κ2) is 7.35. The van der Waals surface area contributed by atoms with E-state index >= 15 is 0 Å². The van der Waals surface area contributed by atoms with Gasteiger partial charge in [-0.3, -0.25) is 4.79 Å². The first-order valence-electron chi connectivity index (χ1n) is 8.82. The summed E-state index contributed by atoms with van der Waals surface area (Å²) in [5.74, 6) is 1.42. The van der Waals surface area contributed by atoms with Crippen molar-refractivity contribution in [2.24, 2.45) is 5.92 Å². The van der Waals surface area contributed by atoms with Gasteiger partial charge in [0.05, 0.1) is 18.8 Å². The Morgan fingerprint density at radius 1 is 1.26 bits per heavy atom. The number of rotatable bonds is 4. The number of nitrogens with one attached hydrogen (secondary N) is 1. The largest absolute Gasteiger partial charge is 0.494 e. The molecule has 1 amide bonds. The molecule has 4 atom stereocenters. The first-order chi connectivity index (χ1) is 11.2. The number of benzene rings is 1. The van der Waals surface area contributed by atoms with Crippen LogP contribution in [-0.2, 0) is 9.53 Å². The summed E-state index contributed by atoms with van der Waals surface area (Å²) < 4.78 is 11.9. The molecule has 1 N–H and O–H groups in total. The highest BCUT2D eigenvalue weighted by atomic mass is 16.5. The molecule has 0 radical (unpaired) electrons. The number of hydrogen-bond acceptors (Lipinski definition) is 3. The van der Waals surface area contributed by atoms with Gasteiger partial charge in [-0.2, -0.15) is 0 Å². The van der Waals surface area contributed by atoms with Gasteiger partial charge in [-0.1, -0.05) is 25.0 Å². The van der Waals surface area contributed by atoms with E-state index in [0.717, 1.165) is 25.0 Å². The molecule has 1 aromatic rings. The molecule has 1 saturated heterocycles. The second-order valence-corrected chi connectivity index (χ2v) is 6.66. The van der Waals surface area contributed by atoms with E-state index < -0.39 is 0 Å². The van der Waals surface area contributed by atoms with Crippen LogP contribution in [0.5, 0.6) is 5.75 Å². The number of ether oxygens (including phenoxy) is 2. The smallest absolute Gasteiger partial charge is 0.217 e. The molecular formula is C19H27NO3. The van der Waals surface area contributed by atoms with Gasteiger partial charge in [-0.05, 0) is 43.9 Å². The zero-order chi connectivity index (χ0) is 16.2. The second-order valence-electron chi connectivity index (χ2n) is 6.66. The summed E-state index contributed by atoms with van der Waals surface area (Å²) in [6, 6.07) is 8.40. The van der Waals surface area contributed by atoms with Crippen molar-refractivity contribution in [1.29, 1.82) is 0 Å². The zero-order valence-electron chi connectivity index (χ0n) is 14.1. The standard InChI is InChI=1S/C19H27NO3/c1-3-22-15-10-8-14(9-11-15)19-12-17(20-13(2)21)16-6-4-5-7-18(16)23-19/h8-11,16-19H,3-7,12H2,1-2H3,(H,20,21)/t16-,17+,18+,19+/m0/s1. The lowest BCUT2D eigenvalue weighted by Crippen LogP contribution is -2.50. The van der Waals surface area contributed by atoms with E-state index in [9.17, 15) is 4.79 Å². The number of fused-ring (bicyclic) bond motifs is 1. The van der Waals surface area contributed by atoms with Gasteiger partial charge < -0.3 is 14.8 Å². The van der Waals surface area contributed by atoms with E-state index in [1.165, 1.54) is 18.4 Å². The maximum absolute atomic E-state index is 11.6. The molecule has 0 bridgehead atoms. The molecule has 4 heteroatoms. The molecule has 1 aromatic carbocycles. The quantitative estimate of drug-likeness (QED) is 0.923. The van der Waals surface area contributed by atoms with E-state index in [0.29, 0.717) is 12.5 Å². The Bertz CT molecular complexity index is 528. The third kappa shape index (κ3) is 3.86. The number of carbonyl (C=O) groups excluding carboxylic acids is 1. The Morgan fingerprint density at radius 3 is 2.70 bits per heavy atom. The summed E-state index contributed by atoms with van der Waals surface area (Å²) in [7, 11) is 0. The minimum absolute atomic E-state index is 0.0573. The van der Waals surface area contributed by atoms with E-state index in [4.69, 9.17) is 9.47 Å². The summed E-state index contributed by atoms with van der Waals surface area (Å²) in [4.78, 5) is 11.6. The fraction of sp³-hybridized carbons (Fsp3) is 0.632. The van der Waals surface area contributed by atoms with Gasteiger partial charge >= 0.3 is 0 Å². The lowest BCUT2D eigenvalue weighted by atomic mass is 9.76. The van der Waals surface area contributed by atoms with Crippen molar-refractivity contribution in [2.45, 2.75) is 64.2 Å². The van der Waals surface area contributed by atoms with E-state index in [2.05, 4.69) is 17.4 Å². The van der Waals surface area contributed by atoms with Crippen molar-refractivity contribution in [2.75, 3.05) is 6.61 Å². The molecular weight excluding hydrogens is 290 g/mol. The van der Waals surface area contributed by atoms with Crippen molar-refractivity contribution in [1.82, 2.24) is 5.32 Å². The average molecular weight is 317 g/mol. The first-order valence-corrected chi connectivity index (χ1v) is 8.82. The van der Waals surface area contributed by atoms with Gasteiger partial charge in [0.25, 0.3) is 0 Å². The van der Waals surface area contributed by atoms with Gasteiger partial charge in [0.2, 0.25) is 5.91 Å². The third-order valence-electron chi connectivity index (χ3n) is 5.03. The molecule has 126 valence electrons. The lowest BCUT2D eigenvalue weighted by Gasteiger charge is -2.45. The fourth-order valence-electron chi connectivity index (χ4n) is 4.01. The number of carbonyl (C=O) groups is 1. The molecule has 4 nitrogen and oxygen atoms in total. The predicted octanol–water partition coefficient (Wildman–Crippen LogP) is 3.61. The molecule has 0 aromatic heterocycles.